The van der Waals surface area contributed by atoms with Gasteiger partial charge in [0.1, 0.15) is 12.4 Å². The number of nitrogens with zero attached hydrogens (tertiary/aromatic N) is 5. The van der Waals surface area contributed by atoms with Crippen molar-refractivity contribution in [2.75, 3.05) is 0 Å². The first-order chi connectivity index (χ1) is 12.8. The zero-order valence-corrected chi connectivity index (χ0v) is 15.9. The van der Waals surface area contributed by atoms with Crippen molar-refractivity contribution >= 4 is 39.2 Å². The highest BCUT2D eigenvalue weighted by atomic mass is 79.9. The number of halogens is 2. The van der Waals surface area contributed by atoms with E-state index in [0.29, 0.717) is 4.47 Å². The minimum atomic E-state index is -0.557. The molecule has 1 N–H and O–H groups in total. The Balaban J connectivity index is 1.81. The lowest BCUT2D eigenvalue weighted by Crippen LogP contribution is -2.38. The summed E-state index contributed by atoms with van der Waals surface area (Å²) in [5, 5.41) is 3.72. The van der Waals surface area contributed by atoms with Gasteiger partial charge in [-0.15, -0.1) is 0 Å². The Bertz CT molecular complexity index is 1190. The predicted molar refractivity (Wildman–Crippen MR) is 100 cm³/mol. The minimum absolute atomic E-state index is 0.122. The quantitative estimate of drug-likeness (QED) is 0.474. The molecular formula is C16H14BrFN6O3. The summed E-state index contributed by atoms with van der Waals surface area (Å²) in [6.45, 7) is -0.248. The molecule has 0 aliphatic heterocycles. The highest BCUT2D eigenvalue weighted by Crippen LogP contribution is 2.13. The van der Waals surface area contributed by atoms with Crippen LogP contribution in [0.1, 0.15) is 5.56 Å². The molecule has 0 unspecified atom stereocenters. The van der Waals surface area contributed by atoms with Crippen LogP contribution >= 0.6 is 15.9 Å². The third-order valence-electron chi connectivity index (χ3n) is 3.88. The number of fused-ring (bicyclic) bond motifs is 1. The Morgan fingerprint density at radius 1 is 1.33 bits per heavy atom. The summed E-state index contributed by atoms with van der Waals surface area (Å²) in [6.07, 6.45) is 2.47. The molecule has 0 fully saturated rings. The number of amides is 1. The van der Waals surface area contributed by atoms with Crippen LogP contribution in [0.5, 0.6) is 0 Å². The maximum Gasteiger partial charge on any atom is 0.332 e. The molecule has 11 heteroatoms. The molecule has 0 atom stereocenters. The van der Waals surface area contributed by atoms with Gasteiger partial charge < -0.3 is 4.57 Å². The van der Waals surface area contributed by atoms with E-state index < -0.39 is 23.0 Å². The van der Waals surface area contributed by atoms with Crippen molar-refractivity contribution in [3.05, 3.63) is 61.2 Å². The Morgan fingerprint density at radius 3 is 2.81 bits per heavy atom. The molecule has 140 valence electrons. The second kappa shape index (κ2) is 7.27. The molecule has 0 aliphatic carbocycles. The average Bonchev–Trinajstić information content (AvgIpc) is 3.04. The number of carbonyl (C=O) groups excluding carboxylic acids is 1. The molecule has 0 radical (unpaired) electrons. The van der Waals surface area contributed by atoms with Crippen molar-refractivity contribution in [2.45, 2.75) is 6.54 Å². The van der Waals surface area contributed by atoms with E-state index in [1.807, 2.05) is 0 Å². The second-order valence-corrected chi connectivity index (χ2v) is 6.63. The standard InChI is InChI=1S/C16H14BrFN6O3/c1-22-14-13(15(26)23(2)16(22)27)24(8-19-14)7-12(25)21-20-6-9-5-10(17)3-4-11(9)18/h3-6,8H,7H2,1-2H3,(H,21,25)/b20-6+. The largest absolute Gasteiger partial charge is 0.332 e. The molecule has 2 aromatic heterocycles. The van der Waals surface area contributed by atoms with E-state index in [4.69, 9.17) is 0 Å². The number of nitrogens with one attached hydrogen (secondary N) is 1. The summed E-state index contributed by atoms with van der Waals surface area (Å²) >= 11 is 3.22. The number of hydrogen-bond donors (Lipinski definition) is 1. The number of imidazole rings is 1. The van der Waals surface area contributed by atoms with Crippen molar-refractivity contribution in [1.29, 1.82) is 0 Å². The van der Waals surface area contributed by atoms with Crippen LogP contribution < -0.4 is 16.7 Å². The lowest BCUT2D eigenvalue weighted by molar-refractivity contribution is -0.121. The molecule has 1 aromatic carbocycles. The zero-order chi connectivity index (χ0) is 19.7. The molecule has 2 heterocycles. The molecule has 0 spiro atoms. The van der Waals surface area contributed by atoms with Crippen LogP contribution in [0, 0.1) is 5.82 Å². The van der Waals surface area contributed by atoms with Crippen LogP contribution in [-0.4, -0.2) is 30.8 Å². The Kier molecular flexibility index (Phi) is 5.04. The number of hydrazone groups is 1. The first kappa shape index (κ1) is 18.7. The van der Waals surface area contributed by atoms with Gasteiger partial charge in [-0.05, 0) is 18.2 Å². The van der Waals surface area contributed by atoms with Crippen LogP contribution in [0.25, 0.3) is 11.2 Å². The average molecular weight is 437 g/mol. The lowest BCUT2D eigenvalue weighted by atomic mass is 10.2. The van der Waals surface area contributed by atoms with E-state index in [-0.39, 0.29) is 23.3 Å². The first-order valence-corrected chi connectivity index (χ1v) is 8.46. The van der Waals surface area contributed by atoms with Gasteiger partial charge in [0.25, 0.3) is 11.5 Å². The van der Waals surface area contributed by atoms with Crippen LogP contribution in [0.4, 0.5) is 4.39 Å². The Labute approximate surface area is 159 Å². The van der Waals surface area contributed by atoms with Gasteiger partial charge in [0.05, 0.1) is 12.5 Å². The monoisotopic (exact) mass is 436 g/mol. The number of hydrogen-bond acceptors (Lipinski definition) is 5. The maximum absolute atomic E-state index is 13.6. The third kappa shape index (κ3) is 3.58. The van der Waals surface area contributed by atoms with Crippen LogP contribution in [0.15, 0.2) is 43.7 Å². The van der Waals surface area contributed by atoms with E-state index >= 15 is 0 Å². The van der Waals surface area contributed by atoms with E-state index in [1.165, 1.54) is 47.9 Å². The van der Waals surface area contributed by atoms with Gasteiger partial charge in [0.2, 0.25) is 0 Å². The molecule has 0 saturated carbocycles. The molecule has 1 amide bonds. The zero-order valence-electron chi connectivity index (χ0n) is 14.3. The van der Waals surface area contributed by atoms with E-state index in [0.717, 1.165) is 4.57 Å². The molecule has 0 aliphatic rings. The fourth-order valence-corrected chi connectivity index (χ4v) is 2.87. The fourth-order valence-electron chi connectivity index (χ4n) is 2.49. The molecule has 0 bridgehead atoms. The molecule has 0 saturated heterocycles. The van der Waals surface area contributed by atoms with Crippen LogP contribution in [-0.2, 0) is 25.4 Å². The van der Waals surface area contributed by atoms with Gasteiger partial charge in [-0.2, -0.15) is 5.10 Å². The molecule has 9 nitrogen and oxygen atoms in total. The number of aryl methyl sites for hydroxylation is 1. The van der Waals surface area contributed by atoms with E-state index in [9.17, 15) is 18.8 Å². The summed E-state index contributed by atoms with van der Waals surface area (Å²) in [6, 6.07) is 4.33. The van der Waals surface area contributed by atoms with Gasteiger partial charge in [-0.25, -0.2) is 19.6 Å². The minimum Gasteiger partial charge on any atom is -0.315 e. The number of aromatic nitrogens is 4. The summed E-state index contributed by atoms with van der Waals surface area (Å²) in [5.74, 6) is -1.03. The van der Waals surface area contributed by atoms with Gasteiger partial charge in [-0.1, -0.05) is 15.9 Å². The van der Waals surface area contributed by atoms with Crippen LogP contribution in [0.2, 0.25) is 0 Å². The van der Waals surface area contributed by atoms with Crippen LogP contribution in [0.3, 0.4) is 0 Å². The first-order valence-electron chi connectivity index (χ1n) is 7.67. The Morgan fingerprint density at radius 2 is 2.07 bits per heavy atom. The summed E-state index contributed by atoms with van der Waals surface area (Å²) < 4.78 is 17.8. The van der Waals surface area contributed by atoms with E-state index in [2.05, 4.69) is 31.4 Å². The SMILES string of the molecule is Cn1c(=O)c2c(ncn2CC(=O)N/N=C/c2cc(Br)ccc2F)n(C)c1=O. The highest BCUT2D eigenvalue weighted by molar-refractivity contribution is 9.10. The van der Waals surface area contributed by atoms with Gasteiger partial charge in [0, 0.05) is 24.1 Å². The van der Waals surface area contributed by atoms with Gasteiger partial charge >= 0.3 is 5.69 Å². The summed E-state index contributed by atoms with van der Waals surface area (Å²) in [5.41, 5.74) is 1.69. The fraction of sp³-hybridized carbons (Fsp3) is 0.188. The van der Waals surface area contributed by atoms with E-state index in [1.54, 1.807) is 6.07 Å². The summed E-state index contributed by atoms with van der Waals surface area (Å²) in [4.78, 5) is 40.3. The van der Waals surface area contributed by atoms with Crippen molar-refractivity contribution in [3.8, 4) is 0 Å². The van der Waals surface area contributed by atoms with Crippen molar-refractivity contribution in [2.24, 2.45) is 19.2 Å². The molecule has 27 heavy (non-hydrogen) atoms. The normalized spacial score (nSPS) is 11.4. The van der Waals surface area contributed by atoms with Gasteiger partial charge in [-0.3, -0.25) is 18.7 Å². The van der Waals surface area contributed by atoms with Crippen molar-refractivity contribution < 1.29 is 9.18 Å². The highest BCUT2D eigenvalue weighted by Gasteiger charge is 2.15. The lowest BCUT2D eigenvalue weighted by Gasteiger charge is -2.06. The third-order valence-corrected chi connectivity index (χ3v) is 4.38. The van der Waals surface area contributed by atoms with Crippen molar-refractivity contribution in [3.63, 3.8) is 0 Å². The number of rotatable bonds is 4. The second-order valence-electron chi connectivity index (χ2n) is 5.71. The smallest absolute Gasteiger partial charge is 0.315 e. The number of benzene rings is 1. The summed E-state index contributed by atoms with van der Waals surface area (Å²) in [7, 11) is 2.83. The molecule has 3 rings (SSSR count). The topological polar surface area (TPSA) is 103 Å². The van der Waals surface area contributed by atoms with Crippen molar-refractivity contribution in [1.82, 2.24) is 24.1 Å². The molecular weight excluding hydrogens is 423 g/mol. The Hall–Kier alpha value is -3.08. The predicted octanol–water partition coefficient (Wildman–Crippen LogP) is 0.486. The maximum atomic E-state index is 13.6. The number of carbonyl (C=O) groups is 1. The van der Waals surface area contributed by atoms with Gasteiger partial charge in [0.15, 0.2) is 11.2 Å². The molecule has 3 aromatic rings.